The van der Waals surface area contributed by atoms with Gasteiger partial charge in [0.2, 0.25) is 0 Å². The Kier molecular flexibility index (Phi) is 3.21. The van der Waals surface area contributed by atoms with Gasteiger partial charge in [-0.15, -0.1) is 0 Å². The molecule has 0 N–H and O–H groups in total. The first-order chi connectivity index (χ1) is 8.22. The molecule has 0 radical (unpaired) electrons. The molecular formula is C13H10BrN2Tl. The van der Waals surface area contributed by atoms with Gasteiger partial charge in [0.1, 0.15) is 0 Å². The molecule has 82 valence electrons. The summed E-state index contributed by atoms with van der Waals surface area (Å²) in [5, 5.41) is 0. The van der Waals surface area contributed by atoms with Gasteiger partial charge in [0, 0.05) is 0 Å². The van der Waals surface area contributed by atoms with Crippen molar-refractivity contribution in [1.82, 2.24) is 7.36 Å². The molecule has 17 heavy (non-hydrogen) atoms. The molecule has 1 aromatic heterocycles. The van der Waals surface area contributed by atoms with Crippen LogP contribution < -0.4 is 0 Å². The predicted molar refractivity (Wildman–Crippen MR) is 73.7 cm³/mol. The average Bonchev–Trinajstić information content (AvgIpc) is 2.87. The number of hydrogen-bond donors (Lipinski definition) is 0. The van der Waals surface area contributed by atoms with Gasteiger partial charge in [-0.1, -0.05) is 0 Å². The molecule has 0 spiro atoms. The first kappa shape index (κ1) is 11.7. The topological polar surface area (TPSA) is 17.8 Å². The molecule has 1 aromatic carbocycles. The molecule has 0 unspecified atom stereocenters. The van der Waals surface area contributed by atoms with Crippen molar-refractivity contribution in [2.75, 3.05) is 0 Å². The van der Waals surface area contributed by atoms with Gasteiger partial charge in [-0.2, -0.15) is 0 Å². The predicted octanol–water partition coefficient (Wildman–Crippen LogP) is 3.06. The van der Waals surface area contributed by atoms with Crippen LogP contribution in [-0.2, 0) is 6.42 Å². The molecule has 2 nitrogen and oxygen atoms in total. The molecule has 1 heterocycles. The number of aryl methyl sites for hydroxylation is 1. The van der Waals surface area contributed by atoms with E-state index in [1.54, 1.807) is 0 Å². The van der Waals surface area contributed by atoms with E-state index >= 15 is 0 Å². The van der Waals surface area contributed by atoms with Crippen molar-refractivity contribution in [3.63, 3.8) is 0 Å². The fourth-order valence-electron chi connectivity index (χ4n) is 2.23. The van der Waals surface area contributed by atoms with Crippen LogP contribution in [0.15, 0.2) is 35.2 Å². The SMILES string of the molecule is Brc1ccc2c(c1)/C(=C\c1c[n]([Tl])cn1)CC2. The van der Waals surface area contributed by atoms with E-state index < -0.39 is 0 Å². The Balaban J connectivity index is 2.03. The van der Waals surface area contributed by atoms with E-state index in [0.29, 0.717) is 0 Å². The third-order valence-corrected chi connectivity index (χ3v) is 4.62. The third-order valence-electron chi connectivity index (χ3n) is 3.03. The monoisotopic (exact) mass is 478 g/mol. The van der Waals surface area contributed by atoms with Crippen molar-refractivity contribution in [2.24, 2.45) is 0 Å². The van der Waals surface area contributed by atoms with Crippen molar-refractivity contribution in [2.45, 2.75) is 12.8 Å². The second-order valence-electron chi connectivity index (χ2n) is 4.22. The summed E-state index contributed by atoms with van der Waals surface area (Å²) in [6.45, 7) is 0. The van der Waals surface area contributed by atoms with Crippen molar-refractivity contribution >= 4 is 53.6 Å². The maximum absolute atomic E-state index is 4.39. The molecule has 0 amide bonds. The van der Waals surface area contributed by atoms with Gasteiger partial charge in [-0.05, 0) is 0 Å². The third kappa shape index (κ3) is 2.40. The van der Waals surface area contributed by atoms with Crippen LogP contribution in [-0.4, -0.2) is 33.4 Å². The molecule has 3 rings (SSSR count). The molecule has 0 saturated carbocycles. The molecule has 2 aromatic rings. The molecule has 1 aliphatic carbocycles. The second kappa shape index (κ2) is 4.68. The van der Waals surface area contributed by atoms with Crippen LogP contribution in [0.5, 0.6) is 0 Å². The summed E-state index contributed by atoms with van der Waals surface area (Å²) in [6, 6.07) is 6.55. The second-order valence-corrected chi connectivity index (χ2v) is 7.45. The number of imidazole rings is 1. The van der Waals surface area contributed by atoms with Crippen LogP contribution in [0.25, 0.3) is 11.6 Å². The van der Waals surface area contributed by atoms with Gasteiger partial charge in [-0.3, -0.25) is 0 Å². The summed E-state index contributed by atoms with van der Waals surface area (Å²) in [5.74, 6) is 0. The number of aromatic nitrogens is 2. The Bertz CT molecular complexity index is 601. The first-order valence-electron chi connectivity index (χ1n) is 5.51. The Morgan fingerprint density at radius 2 is 2.24 bits per heavy atom. The van der Waals surface area contributed by atoms with Gasteiger partial charge in [0.25, 0.3) is 0 Å². The summed E-state index contributed by atoms with van der Waals surface area (Å²) in [6.07, 6.45) is 8.53. The normalized spacial score (nSPS) is 16.4. The number of rotatable bonds is 1. The Morgan fingerprint density at radius 1 is 1.35 bits per heavy atom. The fraction of sp³-hybridized carbons (Fsp3) is 0.154. The Labute approximate surface area is 125 Å². The zero-order valence-corrected chi connectivity index (χ0v) is 15.3. The summed E-state index contributed by atoms with van der Waals surface area (Å²) in [7, 11) is 0. The van der Waals surface area contributed by atoms with Crippen molar-refractivity contribution < 1.29 is 0 Å². The van der Waals surface area contributed by atoms with E-state index in [-0.39, 0.29) is 0 Å². The molecule has 0 atom stereocenters. The number of allylic oxidation sites excluding steroid dienone is 1. The van der Waals surface area contributed by atoms with Crippen LogP contribution in [0.3, 0.4) is 0 Å². The summed E-state index contributed by atoms with van der Waals surface area (Å²) >= 11 is 4.34. The minimum atomic E-state index is 0.796. The van der Waals surface area contributed by atoms with Crippen molar-refractivity contribution in [3.8, 4) is 0 Å². The zero-order chi connectivity index (χ0) is 11.8. The van der Waals surface area contributed by atoms with E-state index in [1.165, 1.54) is 16.7 Å². The average molecular weight is 479 g/mol. The maximum atomic E-state index is 4.39. The van der Waals surface area contributed by atoms with E-state index in [2.05, 4.69) is 53.8 Å². The van der Waals surface area contributed by atoms with Crippen molar-refractivity contribution in [1.29, 1.82) is 0 Å². The van der Waals surface area contributed by atoms with Crippen molar-refractivity contribution in [3.05, 3.63) is 52.0 Å². The molecule has 4 heteroatoms. The van der Waals surface area contributed by atoms with E-state index in [1.807, 2.05) is 6.33 Å². The van der Waals surface area contributed by atoms with E-state index in [9.17, 15) is 0 Å². The van der Waals surface area contributed by atoms with Gasteiger partial charge in [0.15, 0.2) is 0 Å². The van der Waals surface area contributed by atoms with Crippen LogP contribution >= 0.6 is 15.9 Å². The minimum absolute atomic E-state index is 0.796. The Morgan fingerprint density at radius 3 is 3.00 bits per heavy atom. The molecule has 1 aliphatic rings. The summed E-state index contributed by atoms with van der Waals surface area (Å²) < 4.78 is 3.29. The number of nitrogens with zero attached hydrogens (tertiary/aromatic N) is 2. The number of fused-ring (bicyclic) bond motifs is 1. The summed E-state index contributed by atoms with van der Waals surface area (Å²) in [5.41, 5.74) is 5.32. The number of hydrogen-bond acceptors (Lipinski definition) is 1. The zero-order valence-electron chi connectivity index (χ0n) is 9.23. The van der Waals surface area contributed by atoms with Crippen LogP contribution in [0, 0.1) is 0 Å². The molecule has 0 aliphatic heterocycles. The molecule has 0 saturated heterocycles. The molecule has 0 fully saturated rings. The number of benzene rings is 1. The van der Waals surface area contributed by atoms with E-state index in [0.717, 1.165) is 49.1 Å². The van der Waals surface area contributed by atoms with Gasteiger partial charge in [0.05, 0.1) is 0 Å². The summed E-state index contributed by atoms with van der Waals surface area (Å²) in [4.78, 5) is 4.39. The standard InChI is InChI=1S/C13H10BrN2.Tl/c14-11-4-3-9-1-2-10(13(9)6-11)5-12-7-15-8-16-12;/h3-8H,1-2H2;/q-1;+1/b10-5-;. The molecular weight excluding hydrogens is 468 g/mol. The van der Waals surface area contributed by atoms with Crippen LogP contribution in [0.2, 0.25) is 0 Å². The van der Waals surface area contributed by atoms with Crippen LogP contribution in [0.4, 0.5) is 0 Å². The van der Waals surface area contributed by atoms with Gasteiger partial charge < -0.3 is 0 Å². The van der Waals surface area contributed by atoms with Gasteiger partial charge in [-0.25, -0.2) is 0 Å². The first-order valence-corrected chi connectivity index (χ1v) is 8.31. The van der Waals surface area contributed by atoms with Crippen LogP contribution in [0.1, 0.15) is 23.2 Å². The quantitative estimate of drug-likeness (QED) is 0.577. The fourth-order valence-corrected chi connectivity index (χ4v) is 3.44. The molecule has 0 bridgehead atoms. The van der Waals surface area contributed by atoms with E-state index in [4.69, 9.17) is 0 Å². The van der Waals surface area contributed by atoms with Gasteiger partial charge >= 0.3 is 126 Å². The Hall–Kier alpha value is -0.428. The number of halogens is 1.